The molecule has 0 saturated carbocycles. The zero-order valence-corrected chi connectivity index (χ0v) is 20.5. The van der Waals surface area contributed by atoms with Crippen LogP contribution in [0.5, 0.6) is 0 Å². The fourth-order valence-corrected chi connectivity index (χ4v) is 3.42. The highest BCUT2D eigenvalue weighted by Crippen LogP contribution is 2.27. The van der Waals surface area contributed by atoms with Gasteiger partial charge in [0.2, 0.25) is 11.8 Å². The number of aliphatic carboxylic acids is 2. The third kappa shape index (κ3) is 13.6. The molecular weight excluding hydrogens is 538 g/mol. The van der Waals surface area contributed by atoms with Crippen molar-refractivity contribution in [1.29, 1.82) is 0 Å². The number of hydrogen-bond donors (Lipinski definition) is 3. The van der Waals surface area contributed by atoms with Gasteiger partial charge in [-0.1, -0.05) is 6.08 Å². The molecule has 1 aliphatic heterocycles. The fourth-order valence-electron chi connectivity index (χ4n) is 2.35. The average molecular weight is 565 g/mol. The molecule has 0 bridgehead atoms. The fraction of sp³-hybridized carbons (Fsp3) is 0.500. The number of carboxylic acid groups (broad SMARTS) is 2. The number of anilines is 1. The third-order valence-corrected chi connectivity index (χ3v) is 5.22. The first kappa shape index (κ1) is 33.8. The van der Waals surface area contributed by atoms with E-state index in [0.29, 0.717) is 26.2 Å². The number of nitrogens with two attached hydrogens (primary N) is 1. The monoisotopic (exact) mass is 564 g/mol. The van der Waals surface area contributed by atoms with Crippen LogP contribution in [0.25, 0.3) is 0 Å². The quantitative estimate of drug-likeness (QED) is 0.351. The molecule has 0 aliphatic carbocycles. The molecule has 1 aromatic rings. The number of rotatable bonds is 6. The van der Waals surface area contributed by atoms with Gasteiger partial charge in [0.1, 0.15) is 6.54 Å². The van der Waals surface area contributed by atoms with E-state index in [0.717, 1.165) is 11.4 Å². The summed E-state index contributed by atoms with van der Waals surface area (Å²) in [6.45, 7) is 2.54. The normalized spacial score (nSPS) is 14.2. The second kappa shape index (κ2) is 15.2. The molecule has 0 atom stereocenters. The van der Waals surface area contributed by atoms with Crippen LogP contribution in [0.3, 0.4) is 0 Å². The van der Waals surface area contributed by atoms with Crippen LogP contribution < -0.4 is 10.6 Å². The number of nitrogens with zero attached hydrogens (tertiary/aromatic N) is 3. The van der Waals surface area contributed by atoms with Crippen molar-refractivity contribution in [2.24, 2.45) is 5.73 Å². The first-order valence-corrected chi connectivity index (χ1v) is 11.0. The number of carbonyl (C=O) groups excluding carboxylic acids is 2. The van der Waals surface area contributed by atoms with E-state index in [4.69, 9.17) is 25.5 Å². The highest BCUT2D eigenvalue weighted by molar-refractivity contribution is 7.16. The molecular formula is C20H26F6N4O6S. The van der Waals surface area contributed by atoms with Crippen molar-refractivity contribution in [3.63, 3.8) is 0 Å². The number of piperazine rings is 1. The van der Waals surface area contributed by atoms with E-state index in [9.17, 15) is 35.9 Å². The maximum Gasteiger partial charge on any atom is 0.490 e. The van der Waals surface area contributed by atoms with Crippen LogP contribution in [0.15, 0.2) is 24.3 Å². The highest BCUT2D eigenvalue weighted by Gasteiger charge is 2.38. The Balaban J connectivity index is 0.000000761. The number of carbonyl (C=O) groups is 4. The van der Waals surface area contributed by atoms with Gasteiger partial charge in [0, 0.05) is 30.6 Å². The van der Waals surface area contributed by atoms with Crippen molar-refractivity contribution in [2.75, 3.05) is 51.7 Å². The Morgan fingerprint density at radius 2 is 1.57 bits per heavy atom. The predicted octanol–water partition coefficient (Wildman–Crippen LogP) is 1.81. The third-order valence-electron chi connectivity index (χ3n) is 4.05. The van der Waals surface area contributed by atoms with Gasteiger partial charge in [-0.15, -0.1) is 11.3 Å². The van der Waals surface area contributed by atoms with Crippen LogP contribution in [-0.4, -0.2) is 103 Å². The molecule has 2 heterocycles. The first-order chi connectivity index (χ1) is 16.9. The van der Waals surface area contributed by atoms with Crippen molar-refractivity contribution in [3.05, 3.63) is 29.2 Å². The standard InChI is InChI=1S/C16H24N4O2S.2C2HF3O2/c1-18(2)9-3-4-14(21)19-10-11-20(15(22)12-19)16-6-5-13(23-16)7-8-17;2*3-2(4,5)1(6)7/h3-6H,7-12,17H2,1-2H3;2*(H,6,7)/b4-3+;;. The Morgan fingerprint density at radius 3 is 1.97 bits per heavy atom. The van der Waals surface area contributed by atoms with Gasteiger partial charge in [0.05, 0.1) is 5.00 Å². The minimum Gasteiger partial charge on any atom is -0.475 e. The number of alkyl halides is 6. The number of thiophene rings is 1. The van der Waals surface area contributed by atoms with E-state index in [2.05, 4.69) is 0 Å². The minimum absolute atomic E-state index is 0.0354. The van der Waals surface area contributed by atoms with Gasteiger partial charge >= 0.3 is 24.3 Å². The lowest BCUT2D eigenvalue weighted by Crippen LogP contribution is -2.51. The van der Waals surface area contributed by atoms with Gasteiger partial charge in [-0.2, -0.15) is 26.3 Å². The molecule has 2 amide bonds. The summed E-state index contributed by atoms with van der Waals surface area (Å²) in [6.07, 6.45) is -5.97. The molecule has 1 saturated heterocycles. The maximum absolute atomic E-state index is 12.3. The molecule has 4 N–H and O–H groups in total. The van der Waals surface area contributed by atoms with E-state index in [1.54, 1.807) is 27.2 Å². The SMILES string of the molecule is CN(C)C/C=C/C(=O)N1CCN(c2ccc(CCN)s2)C(=O)C1.O=C(O)C(F)(F)F.O=C(O)C(F)(F)F. The molecule has 1 fully saturated rings. The number of amides is 2. The molecule has 2 rings (SSSR count). The maximum atomic E-state index is 12.3. The van der Waals surface area contributed by atoms with E-state index in [1.807, 2.05) is 37.2 Å². The van der Waals surface area contributed by atoms with Crippen LogP contribution in [-0.2, 0) is 25.6 Å². The van der Waals surface area contributed by atoms with Gasteiger partial charge in [0.25, 0.3) is 0 Å². The Labute approximate surface area is 211 Å². The van der Waals surface area contributed by atoms with Crippen molar-refractivity contribution >= 4 is 40.1 Å². The zero-order chi connectivity index (χ0) is 29.0. The molecule has 1 aliphatic rings. The molecule has 37 heavy (non-hydrogen) atoms. The largest absolute Gasteiger partial charge is 0.490 e. The van der Waals surface area contributed by atoms with Gasteiger partial charge < -0.3 is 30.6 Å². The molecule has 0 unspecified atom stereocenters. The highest BCUT2D eigenvalue weighted by atomic mass is 32.1. The van der Waals surface area contributed by atoms with Crippen LogP contribution >= 0.6 is 11.3 Å². The number of carboxylic acids is 2. The lowest BCUT2D eigenvalue weighted by atomic mass is 10.3. The van der Waals surface area contributed by atoms with Crippen LogP contribution in [0.4, 0.5) is 31.3 Å². The van der Waals surface area contributed by atoms with Gasteiger partial charge in [-0.05, 0) is 39.2 Å². The molecule has 10 nitrogen and oxygen atoms in total. The van der Waals surface area contributed by atoms with Crippen molar-refractivity contribution in [2.45, 2.75) is 18.8 Å². The molecule has 0 radical (unpaired) electrons. The lowest BCUT2D eigenvalue weighted by Gasteiger charge is -2.33. The van der Waals surface area contributed by atoms with E-state index < -0.39 is 24.3 Å². The number of likely N-dealkylation sites (N-methyl/N-ethyl adjacent to an activating group) is 1. The molecule has 210 valence electrons. The summed E-state index contributed by atoms with van der Waals surface area (Å²) in [4.78, 5) is 48.7. The molecule has 0 spiro atoms. The summed E-state index contributed by atoms with van der Waals surface area (Å²) >= 11 is 1.60. The Kier molecular flexibility index (Phi) is 13.9. The number of hydrogen-bond acceptors (Lipinski definition) is 7. The minimum atomic E-state index is -5.08. The van der Waals surface area contributed by atoms with Crippen LogP contribution in [0.1, 0.15) is 4.88 Å². The molecule has 1 aromatic heterocycles. The molecule has 0 aromatic carbocycles. The smallest absolute Gasteiger partial charge is 0.475 e. The van der Waals surface area contributed by atoms with Gasteiger partial charge in [0.15, 0.2) is 0 Å². The van der Waals surface area contributed by atoms with Crippen LogP contribution in [0, 0.1) is 0 Å². The predicted molar refractivity (Wildman–Crippen MR) is 121 cm³/mol. The summed E-state index contributed by atoms with van der Waals surface area (Å²) in [5, 5.41) is 15.2. The topological polar surface area (TPSA) is 144 Å². The second-order valence-corrected chi connectivity index (χ2v) is 8.50. The lowest BCUT2D eigenvalue weighted by molar-refractivity contribution is -0.193. The molecule has 17 heteroatoms. The number of halogens is 6. The summed E-state index contributed by atoms with van der Waals surface area (Å²) in [5.41, 5.74) is 5.56. The van der Waals surface area contributed by atoms with E-state index in [-0.39, 0.29) is 18.4 Å². The van der Waals surface area contributed by atoms with Gasteiger partial charge in [-0.25, -0.2) is 9.59 Å². The summed E-state index contributed by atoms with van der Waals surface area (Å²) in [6, 6.07) is 3.98. The average Bonchev–Trinajstić information content (AvgIpc) is 3.21. The second-order valence-electron chi connectivity index (χ2n) is 7.35. The summed E-state index contributed by atoms with van der Waals surface area (Å²) < 4.78 is 63.5. The van der Waals surface area contributed by atoms with Crippen molar-refractivity contribution < 1.29 is 55.7 Å². The van der Waals surface area contributed by atoms with E-state index in [1.165, 1.54) is 4.88 Å². The Bertz CT molecular complexity index is 924. The summed E-state index contributed by atoms with van der Waals surface area (Å²) in [7, 11) is 3.88. The Hall–Kier alpha value is -3.18. The van der Waals surface area contributed by atoms with E-state index >= 15 is 0 Å². The zero-order valence-electron chi connectivity index (χ0n) is 19.7. The summed E-state index contributed by atoms with van der Waals surface area (Å²) in [5.74, 6) is -5.65. The van der Waals surface area contributed by atoms with Crippen molar-refractivity contribution in [3.8, 4) is 0 Å². The first-order valence-electron chi connectivity index (χ1n) is 10.2. The Morgan fingerprint density at radius 1 is 1.05 bits per heavy atom. The van der Waals surface area contributed by atoms with Crippen molar-refractivity contribution in [1.82, 2.24) is 9.80 Å². The van der Waals surface area contributed by atoms with Crippen LogP contribution in [0.2, 0.25) is 0 Å². The van der Waals surface area contributed by atoms with Gasteiger partial charge in [-0.3, -0.25) is 9.59 Å².